The van der Waals surface area contributed by atoms with Gasteiger partial charge in [-0.2, -0.15) is 0 Å². The van der Waals surface area contributed by atoms with Crippen LogP contribution in [0.1, 0.15) is 21.5 Å². The molecule has 0 aliphatic rings. The van der Waals surface area contributed by atoms with Crippen LogP contribution in [-0.2, 0) is 18.0 Å². The molecule has 0 saturated carbocycles. The first kappa shape index (κ1) is 13.2. The Bertz CT molecular complexity index is 581. The Morgan fingerprint density at radius 2 is 1.58 bits per heavy atom. The smallest absolute Gasteiger partial charge is 0.336 e. The van der Waals surface area contributed by atoms with Gasteiger partial charge in [-0.1, -0.05) is 36.4 Å². The normalized spacial score (nSPS) is 10.4. The monoisotopic (exact) mass is 260 g/mol. The maximum absolute atomic E-state index is 13.3. The molecular formula is C15H13FO3. The number of rotatable bonds is 5. The molecule has 2 rings (SSSR count). The predicted molar refractivity (Wildman–Crippen MR) is 68.3 cm³/mol. The minimum absolute atomic E-state index is 0.112. The summed E-state index contributed by atoms with van der Waals surface area (Å²) in [4.78, 5) is 11.0. The molecule has 4 heteroatoms. The molecule has 2 aromatic rings. The Morgan fingerprint density at radius 1 is 1.00 bits per heavy atom. The number of ether oxygens (including phenoxy) is 1. The molecule has 0 saturated heterocycles. The van der Waals surface area contributed by atoms with E-state index in [1.165, 1.54) is 12.1 Å². The molecule has 0 amide bonds. The van der Waals surface area contributed by atoms with Crippen LogP contribution < -0.4 is 0 Å². The third-order valence-electron chi connectivity index (χ3n) is 2.72. The van der Waals surface area contributed by atoms with Crippen LogP contribution in [0.2, 0.25) is 0 Å². The summed E-state index contributed by atoms with van der Waals surface area (Å²) in [6, 6.07) is 12.9. The maximum Gasteiger partial charge on any atom is 0.336 e. The van der Waals surface area contributed by atoms with Gasteiger partial charge in [-0.3, -0.25) is 0 Å². The lowest BCUT2D eigenvalue weighted by Crippen LogP contribution is -2.04. The van der Waals surface area contributed by atoms with Crippen molar-refractivity contribution in [2.75, 3.05) is 0 Å². The summed E-state index contributed by atoms with van der Waals surface area (Å²) in [6.07, 6.45) is 0. The van der Waals surface area contributed by atoms with Crippen LogP contribution in [0, 0.1) is 5.82 Å². The van der Waals surface area contributed by atoms with Gasteiger partial charge < -0.3 is 9.84 Å². The molecule has 0 aliphatic carbocycles. The number of halogens is 1. The molecule has 0 radical (unpaired) electrons. The average Bonchev–Trinajstić information content (AvgIpc) is 2.41. The van der Waals surface area contributed by atoms with Crippen LogP contribution in [-0.4, -0.2) is 11.1 Å². The van der Waals surface area contributed by atoms with Crippen molar-refractivity contribution in [1.29, 1.82) is 0 Å². The molecule has 3 nitrogen and oxygen atoms in total. The highest BCUT2D eigenvalue weighted by Crippen LogP contribution is 2.13. The van der Waals surface area contributed by atoms with Crippen molar-refractivity contribution in [1.82, 2.24) is 0 Å². The van der Waals surface area contributed by atoms with Crippen molar-refractivity contribution in [2.45, 2.75) is 13.2 Å². The van der Waals surface area contributed by atoms with E-state index in [-0.39, 0.29) is 24.6 Å². The van der Waals surface area contributed by atoms with Crippen molar-refractivity contribution >= 4 is 5.97 Å². The van der Waals surface area contributed by atoms with Crippen molar-refractivity contribution in [3.63, 3.8) is 0 Å². The first-order chi connectivity index (χ1) is 9.18. The van der Waals surface area contributed by atoms with E-state index in [9.17, 15) is 9.18 Å². The average molecular weight is 260 g/mol. The number of aromatic carboxylic acids is 1. The van der Waals surface area contributed by atoms with Gasteiger partial charge >= 0.3 is 5.97 Å². The lowest BCUT2D eigenvalue weighted by Gasteiger charge is -2.08. The van der Waals surface area contributed by atoms with Gasteiger partial charge in [0.15, 0.2) is 0 Å². The second-order valence-electron chi connectivity index (χ2n) is 4.05. The van der Waals surface area contributed by atoms with Gasteiger partial charge in [0, 0.05) is 5.56 Å². The molecule has 2 aromatic carbocycles. The van der Waals surface area contributed by atoms with Crippen LogP contribution >= 0.6 is 0 Å². The molecule has 0 unspecified atom stereocenters. The molecular weight excluding hydrogens is 247 g/mol. The zero-order chi connectivity index (χ0) is 13.7. The van der Waals surface area contributed by atoms with Crippen molar-refractivity contribution < 1.29 is 19.0 Å². The molecule has 98 valence electrons. The summed E-state index contributed by atoms with van der Waals surface area (Å²) in [7, 11) is 0. The van der Waals surface area contributed by atoms with Gasteiger partial charge in [0.1, 0.15) is 5.82 Å². The van der Waals surface area contributed by atoms with Crippen molar-refractivity contribution in [3.8, 4) is 0 Å². The van der Waals surface area contributed by atoms with E-state index in [4.69, 9.17) is 9.84 Å². The van der Waals surface area contributed by atoms with E-state index in [0.717, 1.165) is 0 Å². The van der Waals surface area contributed by atoms with Gasteiger partial charge in [0.25, 0.3) is 0 Å². The molecule has 0 fully saturated rings. The highest BCUT2D eigenvalue weighted by Gasteiger charge is 2.09. The number of benzene rings is 2. The van der Waals surface area contributed by atoms with Crippen LogP contribution in [0.3, 0.4) is 0 Å². The van der Waals surface area contributed by atoms with Crippen LogP contribution in [0.4, 0.5) is 4.39 Å². The zero-order valence-corrected chi connectivity index (χ0v) is 10.2. The highest BCUT2D eigenvalue weighted by molar-refractivity contribution is 5.89. The minimum Gasteiger partial charge on any atom is -0.478 e. The van der Waals surface area contributed by atoms with Crippen molar-refractivity contribution in [2.24, 2.45) is 0 Å². The SMILES string of the molecule is O=C(O)c1ccccc1COCc1ccccc1F. The molecule has 0 bridgehead atoms. The fourth-order valence-electron chi connectivity index (χ4n) is 1.74. The molecule has 0 heterocycles. The van der Waals surface area contributed by atoms with E-state index in [1.54, 1.807) is 36.4 Å². The van der Waals surface area contributed by atoms with Crippen LogP contribution in [0.25, 0.3) is 0 Å². The first-order valence-corrected chi connectivity index (χ1v) is 5.81. The number of carboxylic acids is 1. The van der Waals surface area contributed by atoms with E-state index in [0.29, 0.717) is 11.1 Å². The van der Waals surface area contributed by atoms with Crippen LogP contribution in [0.15, 0.2) is 48.5 Å². The number of carbonyl (C=O) groups is 1. The fraction of sp³-hybridized carbons (Fsp3) is 0.133. The minimum atomic E-state index is -0.995. The number of hydrogen-bond donors (Lipinski definition) is 1. The summed E-state index contributed by atoms with van der Waals surface area (Å²) in [5, 5.41) is 9.01. The Balaban J connectivity index is 2.00. The second kappa shape index (κ2) is 6.11. The van der Waals surface area contributed by atoms with Crippen molar-refractivity contribution in [3.05, 3.63) is 71.0 Å². The largest absolute Gasteiger partial charge is 0.478 e. The molecule has 1 N–H and O–H groups in total. The summed E-state index contributed by atoms with van der Waals surface area (Å²) >= 11 is 0. The third-order valence-corrected chi connectivity index (χ3v) is 2.72. The molecule has 0 aromatic heterocycles. The van der Waals surface area contributed by atoms with Gasteiger partial charge in [-0.05, 0) is 17.7 Å². The lowest BCUT2D eigenvalue weighted by atomic mass is 10.1. The molecule has 19 heavy (non-hydrogen) atoms. The zero-order valence-electron chi connectivity index (χ0n) is 10.2. The summed E-state index contributed by atoms with van der Waals surface area (Å²) in [5.74, 6) is -1.32. The lowest BCUT2D eigenvalue weighted by molar-refractivity contribution is 0.0683. The Labute approximate surface area is 110 Å². The Hall–Kier alpha value is -2.20. The molecule has 0 atom stereocenters. The Morgan fingerprint density at radius 3 is 2.26 bits per heavy atom. The Kier molecular flexibility index (Phi) is 4.26. The molecule has 0 aliphatic heterocycles. The van der Waals surface area contributed by atoms with Gasteiger partial charge in [0.05, 0.1) is 18.8 Å². The summed E-state index contributed by atoms with van der Waals surface area (Å²) in [5.41, 5.74) is 1.23. The van der Waals surface area contributed by atoms with Crippen LogP contribution in [0.5, 0.6) is 0 Å². The number of hydrogen-bond acceptors (Lipinski definition) is 2. The van der Waals surface area contributed by atoms with E-state index < -0.39 is 5.97 Å². The summed E-state index contributed by atoms with van der Waals surface area (Å²) in [6.45, 7) is 0.247. The van der Waals surface area contributed by atoms with Gasteiger partial charge in [-0.15, -0.1) is 0 Å². The second-order valence-corrected chi connectivity index (χ2v) is 4.05. The quantitative estimate of drug-likeness (QED) is 0.897. The van der Waals surface area contributed by atoms with E-state index in [1.807, 2.05) is 0 Å². The predicted octanol–water partition coefficient (Wildman–Crippen LogP) is 3.24. The van der Waals surface area contributed by atoms with Gasteiger partial charge in [-0.25, -0.2) is 9.18 Å². The molecule has 0 spiro atoms. The van der Waals surface area contributed by atoms with E-state index >= 15 is 0 Å². The topological polar surface area (TPSA) is 46.5 Å². The standard InChI is InChI=1S/C15H13FO3/c16-14-8-4-2-6-12(14)10-19-9-11-5-1-3-7-13(11)15(17)18/h1-8H,9-10H2,(H,17,18). The van der Waals surface area contributed by atoms with E-state index in [2.05, 4.69) is 0 Å². The summed E-state index contributed by atoms with van der Waals surface area (Å²) < 4.78 is 18.7. The van der Waals surface area contributed by atoms with Gasteiger partial charge in [0.2, 0.25) is 0 Å². The first-order valence-electron chi connectivity index (χ1n) is 5.81. The maximum atomic E-state index is 13.3. The highest BCUT2D eigenvalue weighted by atomic mass is 19.1. The fourth-order valence-corrected chi connectivity index (χ4v) is 1.74. The number of carboxylic acid groups (broad SMARTS) is 1. The third kappa shape index (κ3) is 3.39.